The molecule has 0 aromatic carbocycles. The Balaban J connectivity index is 2.09. The van der Waals surface area contributed by atoms with E-state index < -0.39 is 11.2 Å². The van der Waals surface area contributed by atoms with E-state index in [2.05, 4.69) is 5.32 Å². The summed E-state index contributed by atoms with van der Waals surface area (Å²) >= 11 is 5.86. The molecule has 0 radical (unpaired) electrons. The molecule has 0 bridgehead atoms. The molecular formula is C9H13NO2S3. The molecule has 6 heteroatoms. The fourth-order valence-electron chi connectivity index (χ4n) is 0.875. The Morgan fingerprint density at radius 1 is 1.73 bits per heavy atom. The molecule has 1 aromatic heterocycles. The highest BCUT2D eigenvalue weighted by atomic mass is 32.2. The minimum absolute atomic E-state index is 0.605. The van der Waals surface area contributed by atoms with Crippen molar-refractivity contribution < 1.29 is 8.97 Å². The van der Waals surface area contributed by atoms with Gasteiger partial charge in [0.25, 0.3) is 0 Å². The molecule has 0 fully saturated rings. The van der Waals surface area contributed by atoms with Crippen molar-refractivity contribution in [3.63, 3.8) is 0 Å². The molecule has 0 saturated carbocycles. The third kappa shape index (κ3) is 6.09. The van der Waals surface area contributed by atoms with E-state index in [0.717, 1.165) is 15.8 Å². The number of thioether (sulfide) groups is 1. The molecule has 0 aliphatic heterocycles. The van der Waals surface area contributed by atoms with Crippen molar-refractivity contribution in [3.05, 3.63) is 24.2 Å². The zero-order chi connectivity index (χ0) is 11.1. The number of hydrogen-bond donors (Lipinski definition) is 1. The number of nitrogens with one attached hydrogen (secondary N) is 1. The van der Waals surface area contributed by atoms with E-state index in [1.165, 1.54) is 11.8 Å². The van der Waals surface area contributed by atoms with Crippen LogP contribution in [0.4, 0.5) is 0 Å². The van der Waals surface area contributed by atoms with Gasteiger partial charge in [0.05, 0.1) is 19.1 Å². The summed E-state index contributed by atoms with van der Waals surface area (Å²) in [6.45, 7) is 0.605. The Morgan fingerprint density at radius 2 is 2.53 bits per heavy atom. The summed E-state index contributed by atoms with van der Waals surface area (Å²) in [7, 11) is 0. The van der Waals surface area contributed by atoms with E-state index in [9.17, 15) is 4.55 Å². The van der Waals surface area contributed by atoms with Crippen molar-refractivity contribution in [3.8, 4) is 0 Å². The first-order chi connectivity index (χ1) is 7.18. The van der Waals surface area contributed by atoms with E-state index >= 15 is 0 Å². The second kappa shape index (κ2) is 7.16. The highest BCUT2D eigenvalue weighted by molar-refractivity contribution is 8.23. The molecule has 84 valence electrons. The van der Waals surface area contributed by atoms with Gasteiger partial charge in [0, 0.05) is 5.75 Å². The maximum Gasteiger partial charge on any atom is 0.134 e. The number of thiocarbonyl (C=S) groups is 1. The Bertz CT molecular complexity index is 288. The maximum absolute atomic E-state index is 10.8. The van der Waals surface area contributed by atoms with Gasteiger partial charge in [-0.15, -0.1) is 0 Å². The number of hydrogen-bond acceptors (Lipinski definition) is 4. The van der Waals surface area contributed by atoms with E-state index in [-0.39, 0.29) is 0 Å². The fraction of sp³-hybridized carbons (Fsp3) is 0.444. The summed E-state index contributed by atoms with van der Waals surface area (Å²) in [6.07, 6.45) is 3.33. The van der Waals surface area contributed by atoms with Gasteiger partial charge in [-0.1, -0.05) is 35.2 Å². The Kier molecular flexibility index (Phi) is 6.16. The quantitative estimate of drug-likeness (QED) is 0.648. The van der Waals surface area contributed by atoms with Crippen molar-refractivity contribution >= 4 is 39.5 Å². The van der Waals surface area contributed by atoms with Crippen molar-refractivity contribution in [2.24, 2.45) is 0 Å². The van der Waals surface area contributed by atoms with Gasteiger partial charge in [0.1, 0.15) is 15.8 Å². The van der Waals surface area contributed by atoms with Crippen LogP contribution in [0.1, 0.15) is 5.76 Å². The Labute approximate surface area is 102 Å². The molecule has 1 unspecified atom stereocenters. The molecule has 0 amide bonds. The lowest BCUT2D eigenvalue weighted by atomic mass is 10.4. The largest absolute Gasteiger partial charge is 0.617 e. The second-order valence-electron chi connectivity index (χ2n) is 2.85. The van der Waals surface area contributed by atoms with Crippen molar-refractivity contribution in [1.82, 2.24) is 5.32 Å². The Hall–Kier alpha value is -0.170. The summed E-state index contributed by atoms with van der Waals surface area (Å²) in [5.74, 6) is 2.32. The molecule has 0 spiro atoms. The smallest absolute Gasteiger partial charge is 0.134 e. The topological polar surface area (TPSA) is 48.2 Å². The van der Waals surface area contributed by atoms with Crippen LogP contribution in [-0.2, 0) is 17.7 Å². The van der Waals surface area contributed by atoms with Crippen LogP contribution in [0.5, 0.6) is 0 Å². The third-order valence-corrected chi connectivity index (χ3v) is 3.94. The third-order valence-electron chi connectivity index (χ3n) is 1.59. The highest BCUT2D eigenvalue weighted by Crippen LogP contribution is 2.05. The van der Waals surface area contributed by atoms with Crippen LogP contribution < -0.4 is 5.32 Å². The highest BCUT2D eigenvalue weighted by Gasteiger charge is 2.02. The van der Waals surface area contributed by atoms with E-state index in [1.807, 2.05) is 12.1 Å². The van der Waals surface area contributed by atoms with E-state index in [0.29, 0.717) is 12.3 Å². The Morgan fingerprint density at radius 3 is 3.13 bits per heavy atom. The molecule has 0 aliphatic carbocycles. The van der Waals surface area contributed by atoms with E-state index in [4.69, 9.17) is 16.6 Å². The maximum atomic E-state index is 10.8. The summed E-state index contributed by atoms with van der Waals surface area (Å²) in [4.78, 5) is 0. The molecular weight excluding hydrogens is 250 g/mol. The molecule has 1 aromatic rings. The number of furan rings is 1. The first-order valence-corrected chi connectivity index (χ1v) is 7.53. The summed E-state index contributed by atoms with van der Waals surface area (Å²) in [5.41, 5.74) is 0. The summed E-state index contributed by atoms with van der Waals surface area (Å²) in [5, 5.41) is 3.06. The van der Waals surface area contributed by atoms with Gasteiger partial charge in [-0.2, -0.15) is 0 Å². The molecule has 3 nitrogen and oxygen atoms in total. The lowest BCUT2D eigenvalue weighted by Gasteiger charge is -2.06. The predicted octanol–water partition coefficient (Wildman–Crippen LogP) is 1.77. The van der Waals surface area contributed by atoms with Crippen LogP contribution >= 0.6 is 24.0 Å². The van der Waals surface area contributed by atoms with Gasteiger partial charge in [0.15, 0.2) is 0 Å². The molecule has 1 rings (SSSR count). The average Bonchev–Trinajstić information content (AvgIpc) is 2.66. The fourth-order valence-corrected chi connectivity index (χ4v) is 2.83. The van der Waals surface area contributed by atoms with Crippen molar-refractivity contribution in [2.45, 2.75) is 6.54 Å². The zero-order valence-electron chi connectivity index (χ0n) is 8.39. The normalized spacial score (nSPS) is 12.4. The van der Waals surface area contributed by atoms with Crippen molar-refractivity contribution in [1.29, 1.82) is 0 Å². The van der Waals surface area contributed by atoms with E-state index in [1.54, 1.807) is 12.5 Å². The van der Waals surface area contributed by atoms with Gasteiger partial charge in [-0.3, -0.25) is 0 Å². The van der Waals surface area contributed by atoms with Crippen LogP contribution in [0.25, 0.3) is 0 Å². The molecule has 1 N–H and O–H groups in total. The van der Waals surface area contributed by atoms with Gasteiger partial charge >= 0.3 is 0 Å². The summed E-state index contributed by atoms with van der Waals surface area (Å²) < 4.78 is 16.7. The molecule has 0 saturated heterocycles. The minimum atomic E-state index is -0.742. The average molecular weight is 263 g/mol. The molecule has 1 heterocycles. The van der Waals surface area contributed by atoms with Crippen molar-refractivity contribution in [2.75, 3.05) is 17.8 Å². The molecule has 15 heavy (non-hydrogen) atoms. The van der Waals surface area contributed by atoms with Crippen LogP contribution in [0.3, 0.4) is 0 Å². The summed E-state index contributed by atoms with van der Waals surface area (Å²) in [6, 6.07) is 3.73. The van der Waals surface area contributed by atoms with Crippen LogP contribution in [-0.4, -0.2) is 26.6 Å². The monoisotopic (exact) mass is 263 g/mol. The van der Waals surface area contributed by atoms with Gasteiger partial charge in [0.2, 0.25) is 0 Å². The van der Waals surface area contributed by atoms with Crippen LogP contribution in [0.15, 0.2) is 22.8 Å². The molecule has 1 atom stereocenters. The lowest BCUT2D eigenvalue weighted by molar-refractivity contribution is 0.504. The van der Waals surface area contributed by atoms with Gasteiger partial charge in [-0.05, 0) is 12.1 Å². The first-order valence-electron chi connectivity index (χ1n) is 4.41. The zero-order valence-corrected chi connectivity index (χ0v) is 10.8. The minimum Gasteiger partial charge on any atom is -0.617 e. The molecule has 0 aliphatic rings. The lowest BCUT2D eigenvalue weighted by Crippen LogP contribution is -2.18. The van der Waals surface area contributed by atoms with Gasteiger partial charge < -0.3 is 14.3 Å². The standard InChI is InChI=1S/C9H13NO2S3/c1-15(11)6-5-14-9(13)10-7-8-3-2-4-12-8/h2-4H,5-7H2,1H3,(H,10,13). The van der Waals surface area contributed by atoms with Crippen LogP contribution in [0.2, 0.25) is 0 Å². The SMILES string of the molecule is C[S+]([O-])CCSC(=S)NCc1ccco1. The number of rotatable bonds is 5. The predicted molar refractivity (Wildman–Crippen MR) is 69.5 cm³/mol. The first kappa shape index (κ1) is 12.9. The van der Waals surface area contributed by atoms with Crippen LogP contribution in [0, 0.1) is 0 Å². The second-order valence-corrected chi connectivity index (χ2v) is 6.17. The van der Waals surface area contributed by atoms with Gasteiger partial charge in [-0.25, -0.2) is 0 Å².